The summed E-state index contributed by atoms with van der Waals surface area (Å²) in [5.74, 6) is 1.01. The minimum Gasteiger partial charge on any atom is -0.468 e. The summed E-state index contributed by atoms with van der Waals surface area (Å²) in [5, 5.41) is 3.41. The first-order valence-electron chi connectivity index (χ1n) is 7.57. The number of aryl methyl sites for hydroxylation is 2. The normalized spacial score (nSPS) is 17.3. The highest BCUT2D eigenvalue weighted by molar-refractivity contribution is 7.99. The summed E-state index contributed by atoms with van der Waals surface area (Å²) >= 11 is 1.75. The SMILES string of the molecule is CCNC(CSc1ccc(C)cc1C)(C(=O)OC)C1CC1. The summed E-state index contributed by atoms with van der Waals surface area (Å²) in [6.45, 7) is 7.05. The Hall–Kier alpha value is -1.00. The number of methoxy groups -OCH3 is 1. The van der Waals surface area contributed by atoms with Gasteiger partial charge < -0.3 is 10.1 Å². The Bertz CT molecular complexity index is 514. The number of esters is 1. The molecular weight excluding hydrogens is 282 g/mol. The van der Waals surface area contributed by atoms with Crippen LogP contribution in [0.3, 0.4) is 0 Å². The second kappa shape index (κ2) is 6.84. The number of carbonyl (C=O) groups is 1. The zero-order valence-electron chi connectivity index (χ0n) is 13.4. The standard InChI is InChI=1S/C17H25NO2S/c1-5-18-17(14-7-8-14,16(19)20-4)11-21-15-9-6-12(2)10-13(15)3/h6,9-10,14,18H,5,7-8,11H2,1-4H3. The largest absolute Gasteiger partial charge is 0.468 e. The molecule has 0 aliphatic heterocycles. The van der Waals surface area contributed by atoms with Gasteiger partial charge in [0.2, 0.25) is 0 Å². The van der Waals surface area contributed by atoms with Crippen LogP contribution in [0.25, 0.3) is 0 Å². The van der Waals surface area contributed by atoms with Crippen molar-refractivity contribution in [3.8, 4) is 0 Å². The molecule has 3 nitrogen and oxygen atoms in total. The van der Waals surface area contributed by atoms with Crippen LogP contribution >= 0.6 is 11.8 Å². The minimum atomic E-state index is -0.536. The van der Waals surface area contributed by atoms with Crippen molar-refractivity contribution in [2.75, 3.05) is 19.4 Å². The Labute approximate surface area is 131 Å². The van der Waals surface area contributed by atoms with Gasteiger partial charge in [-0.25, -0.2) is 0 Å². The number of hydrogen-bond acceptors (Lipinski definition) is 4. The van der Waals surface area contributed by atoms with Gasteiger partial charge in [0.1, 0.15) is 5.54 Å². The third kappa shape index (κ3) is 3.61. The number of carbonyl (C=O) groups excluding carboxylic acids is 1. The van der Waals surface area contributed by atoms with Gasteiger partial charge in [-0.1, -0.05) is 24.6 Å². The summed E-state index contributed by atoms with van der Waals surface area (Å²) in [6.07, 6.45) is 2.21. The molecule has 116 valence electrons. The van der Waals surface area contributed by atoms with E-state index in [2.05, 4.69) is 37.4 Å². The molecule has 0 spiro atoms. The van der Waals surface area contributed by atoms with E-state index in [0.29, 0.717) is 5.92 Å². The van der Waals surface area contributed by atoms with Crippen LogP contribution in [0.5, 0.6) is 0 Å². The van der Waals surface area contributed by atoms with E-state index in [0.717, 1.165) is 25.1 Å². The fourth-order valence-corrected chi connectivity index (χ4v) is 4.13. The van der Waals surface area contributed by atoms with Crippen LogP contribution in [0.4, 0.5) is 0 Å². The highest BCUT2D eigenvalue weighted by Gasteiger charge is 2.51. The fraction of sp³-hybridized carbons (Fsp3) is 0.588. The number of rotatable bonds is 7. The molecule has 4 heteroatoms. The van der Waals surface area contributed by atoms with Crippen LogP contribution in [0.1, 0.15) is 30.9 Å². The average Bonchev–Trinajstić information content (AvgIpc) is 3.29. The molecule has 2 rings (SSSR count). The van der Waals surface area contributed by atoms with Crippen molar-refractivity contribution < 1.29 is 9.53 Å². The van der Waals surface area contributed by atoms with E-state index in [1.807, 2.05) is 6.92 Å². The number of ether oxygens (including phenoxy) is 1. The molecule has 1 aliphatic carbocycles. The second-order valence-electron chi connectivity index (χ2n) is 5.83. The number of benzene rings is 1. The smallest absolute Gasteiger partial charge is 0.327 e. The molecule has 1 aromatic rings. The topological polar surface area (TPSA) is 38.3 Å². The highest BCUT2D eigenvalue weighted by Crippen LogP contribution is 2.43. The lowest BCUT2D eigenvalue weighted by Crippen LogP contribution is -2.56. The first-order chi connectivity index (χ1) is 10.0. The molecule has 0 radical (unpaired) electrons. The van der Waals surface area contributed by atoms with E-state index in [1.54, 1.807) is 11.8 Å². The predicted molar refractivity (Wildman–Crippen MR) is 87.8 cm³/mol. The van der Waals surface area contributed by atoms with Crippen molar-refractivity contribution in [3.05, 3.63) is 29.3 Å². The lowest BCUT2D eigenvalue weighted by atomic mass is 9.95. The molecule has 1 saturated carbocycles. The Balaban J connectivity index is 2.16. The molecule has 0 amide bonds. The number of likely N-dealkylation sites (N-methyl/N-ethyl adjacent to an activating group) is 1. The molecule has 21 heavy (non-hydrogen) atoms. The van der Waals surface area contributed by atoms with Crippen LogP contribution in [-0.2, 0) is 9.53 Å². The monoisotopic (exact) mass is 307 g/mol. The maximum Gasteiger partial charge on any atom is 0.327 e. The van der Waals surface area contributed by atoms with Gasteiger partial charge in [-0.05, 0) is 50.8 Å². The van der Waals surface area contributed by atoms with E-state index in [4.69, 9.17) is 4.74 Å². The molecule has 1 aliphatic rings. The van der Waals surface area contributed by atoms with Crippen LogP contribution in [0, 0.1) is 19.8 Å². The Morgan fingerprint density at radius 2 is 2.14 bits per heavy atom. The fourth-order valence-electron chi connectivity index (χ4n) is 2.84. The van der Waals surface area contributed by atoms with Gasteiger partial charge in [0.25, 0.3) is 0 Å². The minimum absolute atomic E-state index is 0.121. The van der Waals surface area contributed by atoms with Gasteiger partial charge in [-0.15, -0.1) is 11.8 Å². The Kier molecular flexibility index (Phi) is 5.33. The third-order valence-corrected chi connectivity index (χ3v) is 5.47. The predicted octanol–water partition coefficient (Wildman–Crippen LogP) is 3.33. The van der Waals surface area contributed by atoms with Crippen molar-refractivity contribution in [3.63, 3.8) is 0 Å². The average molecular weight is 307 g/mol. The highest BCUT2D eigenvalue weighted by atomic mass is 32.2. The molecular formula is C17H25NO2S. The van der Waals surface area contributed by atoms with E-state index < -0.39 is 5.54 Å². The zero-order chi connectivity index (χ0) is 15.5. The first kappa shape index (κ1) is 16.4. The first-order valence-corrected chi connectivity index (χ1v) is 8.55. The van der Waals surface area contributed by atoms with Crippen molar-refractivity contribution in [2.45, 2.75) is 44.0 Å². The second-order valence-corrected chi connectivity index (χ2v) is 6.84. The van der Waals surface area contributed by atoms with Gasteiger partial charge in [-0.2, -0.15) is 0 Å². The number of hydrogen-bond donors (Lipinski definition) is 1. The molecule has 1 N–H and O–H groups in total. The van der Waals surface area contributed by atoms with E-state index >= 15 is 0 Å². The van der Waals surface area contributed by atoms with E-state index in [1.165, 1.54) is 23.1 Å². The zero-order valence-corrected chi connectivity index (χ0v) is 14.2. The van der Waals surface area contributed by atoms with E-state index in [9.17, 15) is 4.79 Å². The Morgan fingerprint density at radius 3 is 2.67 bits per heavy atom. The van der Waals surface area contributed by atoms with Gasteiger partial charge in [0.05, 0.1) is 7.11 Å². The molecule has 0 saturated heterocycles. The quantitative estimate of drug-likeness (QED) is 0.619. The maximum absolute atomic E-state index is 12.4. The van der Waals surface area contributed by atoms with Crippen molar-refractivity contribution in [1.29, 1.82) is 0 Å². The lowest BCUT2D eigenvalue weighted by molar-refractivity contribution is -0.148. The number of thioether (sulfide) groups is 1. The molecule has 0 heterocycles. The van der Waals surface area contributed by atoms with Crippen molar-refractivity contribution in [2.24, 2.45) is 5.92 Å². The van der Waals surface area contributed by atoms with E-state index in [-0.39, 0.29) is 5.97 Å². The summed E-state index contributed by atoms with van der Waals surface area (Å²) in [7, 11) is 1.48. The molecule has 1 fully saturated rings. The molecule has 1 atom stereocenters. The summed E-state index contributed by atoms with van der Waals surface area (Å²) in [5.41, 5.74) is 2.00. The van der Waals surface area contributed by atoms with Crippen LogP contribution in [0.15, 0.2) is 23.1 Å². The van der Waals surface area contributed by atoms with Crippen LogP contribution < -0.4 is 5.32 Å². The van der Waals surface area contributed by atoms with Gasteiger partial charge >= 0.3 is 5.97 Å². The molecule has 0 aromatic heterocycles. The molecule has 1 unspecified atom stereocenters. The Morgan fingerprint density at radius 1 is 1.43 bits per heavy atom. The summed E-state index contributed by atoms with van der Waals surface area (Å²) in [6, 6.07) is 6.46. The van der Waals surface area contributed by atoms with Gasteiger partial charge in [0.15, 0.2) is 0 Å². The van der Waals surface area contributed by atoms with Gasteiger partial charge in [-0.3, -0.25) is 4.79 Å². The van der Waals surface area contributed by atoms with Crippen molar-refractivity contribution in [1.82, 2.24) is 5.32 Å². The number of nitrogens with one attached hydrogen (secondary N) is 1. The van der Waals surface area contributed by atoms with Crippen molar-refractivity contribution >= 4 is 17.7 Å². The summed E-state index contributed by atoms with van der Waals surface area (Å²) in [4.78, 5) is 13.6. The van der Waals surface area contributed by atoms with Gasteiger partial charge in [0, 0.05) is 10.6 Å². The summed E-state index contributed by atoms with van der Waals surface area (Å²) < 4.78 is 5.09. The lowest BCUT2D eigenvalue weighted by Gasteiger charge is -2.32. The van der Waals surface area contributed by atoms with Crippen LogP contribution in [0.2, 0.25) is 0 Å². The molecule has 0 bridgehead atoms. The van der Waals surface area contributed by atoms with Crippen LogP contribution in [-0.4, -0.2) is 30.9 Å². The third-order valence-electron chi connectivity index (χ3n) is 4.10. The maximum atomic E-state index is 12.4. The molecule has 1 aromatic carbocycles.